The molecule has 3 heteroatoms. The first kappa shape index (κ1) is 21.9. The smallest absolute Gasteiger partial charge is 0.123 e. The van der Waals surface area contributed by atoms with E-state index in [4.69, 9.17) is 9.47 Å². The van der Waals surface area contributed by atoms with Gasteiger partial charge in [0.2, 0.25) is 0 Å². The van der Waals surface area contributed by atoms with Gasteiger partial charge in [0.25, 0.3) is 0 Å². The Labute approximate surface area is 179 Å². The molecule has 0 aliphatic rings. The number of benzene rings is 3. The lowest BCUT2D eigenvalue weighted by Crippen LogP contribution is -2.06. The molecule has 0 aliphatic heterocycles. The van der Waals surface area contributed by atoms with Gasteiger partial charge in [-0.2, -0.15) is 0 Å². The van der Waals surface area contributed by atoms with Crippen LogP contribution in [0.25, 0.3) is 0 Å². The van der Waals surface area contributed by atoms with Crippen LogP contribution in [0, 0.1) is 5.82 Å². The van der Waals surface area contributed by atoms with E-state index >= 15 is 0 Å². The largest absolute Gasteiger partial charge is 0.497 e. The molecule has 0 saturated heterocycles. The van der Waals surface area contributed by atoms with E-state index in [1.54, 1.807) is 19.2 Å². The van der Waals surface area contributed by atoms with E-state index in [1.807, 2.05) is 50.2 Å². The van der Waals surface area contributed by atoms with Gasteiger partial charge < -0.3 is 9.47 Å². The van der Waals surface area contributed by atoms with Crippen molar-refractivity contribution >= 4 is 0 Å². The molecule has 30 heavy (non-hydrogen) atoms. The number of ether oxygens (including phenoxy) is 2. The molecule has 3 rings (SSSR count). The first-order chi connectivity index (χ1) is 14.5. The van der Waals surface area contributed by atoms with E-state index in [-0.39, 0.29) is 17.8 Å². The SMILES string of the molecule is COc1ccc(CCCCC(c2ccc(F)cc2)c2ccc(OC(C)C)cc2)cc1. The second-order valence-electron chi connectivity index (χ2n) is 7.93. The predicted molar refractivity (Wildman–Crippen MR) is 121 cm³/mol. The van der Waals surface area contributed by atoms with Crippen LogP contribution < -0.4 is 9.47 Å². The van der Waals surface area contributed by atoms with Gasteiger partial charge in [-0.05, 0) is 86.2 Å². The third-order valence-corrected chi connectivity index (χ3v) is 5.29. The van der Waals surface area contributed by atoms with Crippen molar-refractivity contribution in [3.05, 3.63) is 95.3 Å². The molecule has 2 nitrogen and oxygen atoms in total. The van der Waals surface area contributed by atoms with Crippen LogP contribution in [0.5, 0.6) is 11.5 Å². The zero-order valence-corrected chi connectivity index (χ0v) is 18.1. The van der Waals surface area contributed by atoms with Crippen LogP contribution in [0.1, 0.15) is 55.7 Å². The third-order valence-electron chi connectivity index (χ3n) is 5.29. The molecule has 1 atom stereocenters. The molecule has 0 spiro atoms. The summed E-state index contributed by atoms with van der Waals surface area (Å²) in [6.45, 7) is 4.05. The van der Waals surface area contributed by atoms with Crippen molar-refractivity contribution in [3.63, 3.8) is 0 Å². The fraction of sp³-hybridized carbons (Fsp3) is 0.333. The summed E-state index contributed by atoms with van der Waals surface area (Å²) in [6, 6.07) is 23.5. The molecule has 0 bridgehead atoms. The fourth-order valence-electron chi connectivity index (χ4n) is 3.74. The second-order valence-corrected chi connectivity index (χ2v) is 7.93. The number of halogens is 1. The Morgan fingerprint density at radius 1 is 0.733 bits per heavy atom. The van der Waals surface area contributed by atoms with Crippen molar-refractivity contribution < 1.29 is 13.9 Å². The average molecular weight is 407 g/mol. The lowest BCUT2D eigenvalue weighted by atomic mass is 9.86. The number of hydrogen-bond acceptors (Lipinski definition) is 2. The summed E-state index contributed by atoms with van der Waals surface area (Å²) in [4.78, 5) is 0. The van der Waals surface area contributed by atoms with E-state index in [0.717, 1.165) is 42.7 Å². The van der Waals surface area contributed by atoms with Crippen molar-refractivity contribution in [1.29, 1.82) is 0 Å². The molecule has 0 fully saturated rings. The lowest BCUT2D eigenvalue weighted by molar-refractivity contribution is 0.242. The van der Waals surface area contributed by atoms with Gasteiger partial charge in [-0.15, -0.1) is 0 Å². The fourth-order valence-corrected chi connectivity index (χ4v) is 3.74. The Kier molecular flexibility index (Phi) is 7.89. The molecule has 1 unspecified atom stereocenters. The lowest BCUT2D eigenvalue weighted by Gasteiger charge is -2.19. The van der Waals surface area contributed by atoms with Crippen LogP contribution in [-0.4, -0.2) is 13.2 Å². The summed E-state index contributed by atoms with van der Waals surface area (Å²) in [6.07, 6.45) is 4.42. The van der Waals surface area contributed by atoms with Crippen LogP contribution in [0.4, 0.5) is 4.39 Å². The Morgan fingerprint density at radius 3 is 1.87 bits per heavy atom. The number of aryl methyl sites for hydroxylation is 1. The zero-order chi connectivity index (χ0) is 21.3. The number of unbranched alkanes of at least 4 members (excludes halogenated alkanes) is 1. The monoisotopic (exact) mass is 406 g/mol. The zero-order valence-electron chi connectivity index (χ0n) is 18.1. The molecule has 0 saturated carbocycles. The molecule has 3 aromatic rings. The minimum absolute atomic E-state index is 0.154. The molecular formula is C27H31FO2. The topological polar surface area (TPSA) is 18.5 Å². The van der Waals surface area contributed by atoms with Crippen LogP contribution in [0.2, 0.25) is 0 Å². The number of hydrogen-bond donors (Lipinski definition) is 0. The van der Waals surface area contributed by atoms with Crippen LogP contribution >= 0.6 is 0 Å². The van der Waals surface area contributed by atoms with Crippen LogP contribution in [-0.2, 0) is 6.42 Å². The van der Waals surface area contributed by atoms with Gasteiger partial charge in [-0.3, -0.25) is 0 Å². The van der Waals surface area contributed by atoms with Crippen molar-refractivity contribution in [2.75, 3.05) is 7.11 Å². The second kappa shape index (κ2) is 10.8. The third kappa shape index (κ3) is 6.35. The number of methoxy groups -OCH3 is 1. The molecule has 3 aromatic carbocycles. The maximum atomic E-state index is 13.4. The summed E-state index contributed by atoms with van der Waals surface area (Å²) in [5, 5.41) is 0. The van der Waals surface area contributed by atoms with Crippen molar-refractivity contribution in [2.24, 2.45) is 0 Å². The van der Waals surface area contributed by atoms with Gasteiger partial charge >= 0.3 is 0 Å². The molecule has 0 heterocycles. The van der Waals surface area contributed by atoms with E-state index in [9.17, 15) is 4.39 Å². The summed E-state index contributed by atoms with van der Waals surface area (Å²) >= 11 is 0. The van der Waals surface area contributed by atoms with E-state index in [0.29, 0.717) is 0 Å². The molecule has 0 N–H and O–H groups in total. The molecule has 0 radical (unpaired) electrons. The highest BCUT2D eigenvalue weighted by atomic mass is 19.1. The summed E-state index contributed by atoms with van der Waals surface area (Å²) in [7, 11) is 1.69. The van der Waals surface area contributed by atoms with Crippen molar-refractivity contribution in [1.82, 2.24) is 0 Å². The van der Waals surface area contributed by atoms with Gasteiger partial charge in [0, 0.05) is 5.92 Å². The van der Waals surface area contributed by atoms with Gasteiger partial charge in [-0.25, -0.2) is 4.39 Å². The average Bonchev–Trinajstić information content (AvgIpc) is 2.75. The van der Waals surface area contributed by atoms with E-state index in [2.05, 4.69) is 24.3 Å². The summed E-state index contributed by atoms with van der Waals surface area (Å²) in [5.74, 6) is 1.82. The summed E-state index contributed by atoms with van der Waals surface area (Å²) in [5.41, 5.74) is 3.71. The molecule has 158 valence electrons. The number of rotatable bonds is 10. The first-order valence-electron chi connectivity index (χ1n) is 10.7. The Hall–Kier alpha value is -2.81. The minimum Gasteiger partial charge on any atom is -0.497 e. The standard InChI is InChI=1S/C27H31FO2/c1-20(2)30-26-18-12-23(13-19-26)27(22-10-14-24(28)15-11-22)7-5-4-6-21-8-16-25(29-3)17-9-21/h8-20,27H,4-7H2,1-3H3. The van der Waals surface area contributed by atoms with Gasteiger partial charge in [0.05, 0.1) is 13.2 Å². The van der Waals surface area contributed by atoms with Gasteiger partial charge in [-0.1, -0.05) is 42.8 Å². The van der Waals surface area contributed by atoms with Crippen molar-refractivity contribution in [2.45, 2.75) is 51.6 Å². The van der Waals surface area contributed by atoms with Crippen LogP contribution in [0.3, 0.4) is 0 Å². The Bertz CT molecular complexity index is 884. The van der Waals surface area contributed by atoms with Gasteiger partial charge in [0.15, 0.2) is 0 Å². The van der Waals surface area contributed by atoms with E-state index in [1.165, 1.54) is 11.1 Å². The Morgan fingerprint density at radius 2 is 1.30 bits per heavy atom. The molecule has 0 aromatic heterocycles. The van der Waals surface area contributed by atoms with Crippen LogP contribution in [0.15, 0.2) is 72.8 Å². The molecule has 0 amide bonds. The highest BCUT2D eigenvalue weighted by Crippen LogP contribution is 2.31. The van der Waals surface area contributed by atoms with Crippen molar-refractivity contribution in [3.8, 4) is 11.5 Å². The summed E-state index contributed by atoms with van der Waals surface area (Å²) < 4.78 is 24.5. The quantitative estimate of drug-likeness (QED) is 0.332. The minimum atomic E-state index is -0.197. The highest BCUT2D eigenvalue weighted by Gasteiger charge is 2.15. The van der Waals surface area contributed by atoms with E-state index < -0.39 is 0 Å². The molecular weight excluding hydrogens is 375 g/mol. The predicted octanol–water partition coefficient (Wildman–Crippen LogP) is 7.17. The first-order valence-corrected chi connectivity index (χ1v) is 10.7. The maximum absolute atomic E-state index is 13.4. The Balaban J connectivity index is 1.66. The maximum Gasteiger partial charge on any atom is 0.123 e. The highest BCUT2D eigenvalue weighted by molar-refractivity contribution is 5.36. The normalized spacial score (nSPS) is 12.0. The van der Waals surface area contributed by atoms with Gasteiger partial charge in [0.1, 0.15) is 17.3 Å². The molecule has 0 aliphatic carbocycles.